The van der Waals surface area contributed by atoms with E-state index in [1.807, 2.05) is 13.8 Å². The minimum Gasteiger partial charge on any atom is -0.377 e. The number of carbonyl (C=O) groups is 1. The maximum atomic E-state index is 12.9. The summed E-state index contributed by atoms with van der Waals surface area (Å²) < 4.78 is 5.85. The molecule has 6 nitrogen and oxygen atoms in total. The van der Waals surface area contributed by atoms with Gasteiger partial charge in [-0.2, -0.15) is 0 Å². The molecule has 2 fully saturated rings. The van der Waals surface area contributed by atoms with E-state index in [2.05, 4.69) is 29.4 Å². The Bertz CT molecular complexity index is 601. The van der Waals surface area contributed by atoms with Crippen molar-refractivity contribution in [1.82, 2.24) is 10.2 Å². The maximum absolute atomic E-state index is 12.9. The summed E-state index contributed by atoms with van der Waals surface area (Å²) in [6.45, 7) is 9.06. The first-order valence-electron chi connectivity index (χ1n) is 8.31. The van der Waals surface area contributed by atoms with Crippen LogP contribution < -0.4 is 11.1 Å². The van der Waals surface area contributed by atoms with Gasteiger partial charge in [0.05, 0.1) is 6.10 Å². The van der Waals surface area contributed by atoms with Crippen molar-refractivity contribution in [3.63, 3.8) is 0 Å². The lowest BCUT2D eigenvalue weighted by molar-refractivity contribution is -0.222. The van der Waals surface area contributed by atoms with Crippen LogP contribution in [-0.2, 0) is 16.0 Å². The van der Waals surface area contributed by atoms with Gasteiger partial charge < -0.3 is 10.5 Å². The Kier molecular flexibility index (Phi) is 4.23. The van der Waals surface area contributed by atoms with Crippen LogP contribution in [0.15, 0.2) is 0 Å². The number of rotatable bonds is 4. The van der Waals surface area contributed by atoms with Gasteiger partial charge in [-0.3, -0.25) is 10.1 Å². The molecule has 0 aromatic carbocycles. The molecule has 3 rings (SSSR count). The number of hydrogen-bond acceptors (Lipinski definition) is 6. The number of fused-ring (bicyclic) bond motifs is 1. The topological polar surface area (TPSA) is 90.1 Å². The van der Waals surface area contributed by atoms with E-state index in [0.29, 0.717) is 11.0 Å². The summed E-state index contributed by atoms with van der Waals surface area (Å²) in [6, 6.07) is 0. The molecule has 2 aliphatic rings. The van der Waals surface area contributed by atoms with E-state index in [1.54, 1.807) is 0 Å². The molecule has 1 aliphatic heterocycles. The van der Waals surface area contributed by atoms with E-state index < -0.39 is 5.54 Å². The van der Waals surface area contributed by atoms with E-state index in [1.165, 1.54) is 11.3 Å². The molecule has 0 spiro atoms. The van der Waals surface area contributed by atoms with Gasteiger partial charge in [0.25, 0.3) is 0 Å². The van der Waals surface area contributed by atoms with Crippen LogP contribution in [0.5, 0.6) is 0 Å². The third kappa shape index (κ3) is 2.58. The Hall–Kier alpha value is -1.05. The van der Waals surface area contributed by atoms with Gasteiger partial charge in [0.2, 0.25) is 11.0 Å². The first-order valence-corrected chi connectivity index (χ1v) is 9.12. The molecular weight excluding hydrogens is 312 g/mol. The zero-order valence-electron chi connectivity index (χ0n) is 14.3. The van der Waals surface area contributed by atoms with E-state index in [4.69, 9.17) is 10.5 Å². The maximum Gasteiger partial charge on any atom is 0.247 e. The predicted octanol–water partition coefficient (Wildman–Crippen LogP) is 2.21. The fourth-order valence-corrected chi connectivity index (χ4v) is 4.92. The summed E-state index contributed by atoms with van der Waals surface area (Å²) in [7, 11) is 0. The SMILES string of the molecule is CC(C)Cc1nnc(NC(=O)C2(N)C3CCCOC3C2(C)C)s1. The fourth-order valence-electron chi connectivity index (χ4n) is 3.97. The Morgan fingerprint density at radius 2 is 2.22 bits per heavy atom. The molecule has 23 heavy (non-hydrogen) atoms. The summed E-state index contributed by atoms with van der Waals surface area (Å²) in [5.41, 5.74) is 5.28. The monoisotopic (exact) mass is 338 g/mol. The lowest BCUT2D eigenvalue weighted by Gasteiger charge is -2.64. The molecule has 2 heterocycles. The zero-order chi connectivity index (χ0) is 16.8. The van der Waals surface area contributed by atoms with Crippen LogP contribution in [0, 0.1) is 17.3 Å². The first kappa shape index (κ1) is 16.8. The molecule has 3 unspecified atom stereocenters. The molecule has 1 aromatic heterocycles. The minimum absolute atomic E-state index is 0.0675. The summed E-state index contributed by atoms with van der Waals surface area (Å²) in [5, 5.41) is 12.6. The zero-order valence-corrected chi connectivity index (χ0v) is 15.1. The van der Waals surface area contributed by atoms with E-state index in [0.717, 1.165) is 30.9 Å². The van der Waals surface area contributed by atoms with Crippen molar-refractivity contribution in [2.75, 3.05) is 11.9 Å². The van der Waals surface area contributed by atoms with Crippen LogP contribution in [0.1, 0.15) is 45.5 Å². The van der Waals surface area contributed by atoms with Gasteiger partial charge in [-0.05, 0) is 18.8 Å². The lowest BCUT2D eigenvalue weighted by Crippen LogP contribution is -2.81. The number of anilines is 1. The first-order chi connectivity index (χ1) is 10.8. The minimum atomic E-state index is -0.915. The van der Waals surface area contributed by atoms with Crippen molar-refractivity contribution >= 4 is 22.4 Å². The molecule has 7 heteroatoms. The second kappa shape index (κ2) is 5.79. The van der Waals surface area contributed by atoms with E-state index in [9.17, 15) is 4.79 Å². The highest BCUT2D eigenvalue weighted by molar-refractivity contribution is 7.15. The molecular formula is C16H26N4O2S. The van der Waals surface area contributed by atoms with Gasteiger partial charge in [-0.25, -0.2) is 0 Å². The molecule has 1 saturated heterocycles. The average Bonchev–Trinajstić information content (AvgIpc) is 2.92. The van der Waals surface area contributed by atoms with Gasteiger partial charge in [0.15, 0.2) is 0 Å². The largest absolute Gasteiger partial charge is 0.377 e. The Morgan fingerprint density at radius 3 is 2.91 bits per heavy atom. The highest BCUT2D eigenvalue weighted by Gasteiger charge is 2.70. The molecule has 1 saturated carbocycles. The number of carbonyl (C=O) groups excluding carboxylic acids is 1. The normalized spacial score (nSPS) is 32.3. The van der Waals surface area contributed by atoms with Gasteiger partial charge in [-0.15, -0.1) is 10.2 Å². The van der Waals surface area contributed by atoms with Crippen molar-refractivity contribution in [1.29, 1.82) is 0 Å². The van der Waals surface area contributed by atoms with Crippen molar-refractivity contribution < 1.29 is 9.53 Å². The van der Waals surface area contributed by atoms with Gasteiger partial charge >= 0.3 is 0 Å². The lowest BCUT2D eigenvalue weighted by atomic mass is 9.46. The van der Waals surface area contributed by atoms with Crippen LogP contribution in [0.3, 0.4) is 0 Å². The van der Waals surface area contributed by atoms with Crippen molar-refractivity contribution in [3.05, 3.63) is 5.01 Å². The quantitative estimate of drug-likeness (QED) is 0.878. The van der Waals surface area contributed by atoms with Crippen LogP contribution in [-0.4, -0.2) is 34.4 Å². The smallest absolute Gasteiger partial charge is 0.247 e. The molecule has 0 bridgehead atoms. The van der Waals surface area contributed by atoms with Gasteiger partial charge in [-0.1, -0.05) is 39.0 Å². The molecule has 1 aromatic rings. The van der Waals surface area contributed by atoms with Crippen LogP contribution >= 0.6 is 11.3 Å². The van der Waals surface area contributed by atoms with Crippen molar-refractivity contribution in [2.45, 2.75) is 58.6 Å². The number of amides is 1. The Balaban J connectivity index is 1.73. The highest BCUT2D eigenvalue weighted by Crippen LogP contribution is 2.57. The van der Waals surface area contributed by atoms with Crippen molar-refractivity contribution in [2.24, 2.45) is 23.0 Å². The third-order valence-electron chi connectivity index (χ3n) is 5.33. The summed E-state index contributed by atoms with van der Waals surface area (Å²) in [6.07, 6.45) is 2.83. The third-order valence-corrected chi connectivity index (χ3v) is 6.19. The second-order valence-electron chi connectivity index (χ2n) is 7.68. The molecule has 3 N–H and O–H groups in total. The van der Waals surface area contributed by atoms with Crippen molar-refractivity contribution in [3.8, 4) is 0 Å². The number of aromatic nitrogens is 2. The average molecular weight is 338 g/mol. The molecule has 1 aliphatic carbocycles. The molecule has 128 valence electrons. The Morgan fingerprint density at radius 1 is 1.48 bits per heavy atom. The molecule has 3 atom stereocenters. The number of nitrogens with zero attached hydrogens (tertiary/aromatic N) is 2. The van der Waals surface area contributed by atoms with E-state index in [-0.39, 0.29) is 23.3 Å². The second-order valence-corrected chi connectivity index (χ2v) is 8.75. The predicted molar refractivity (Wildman–Crippen MR) is 90.2 cm³/mol. The number of ether oxygens (including phenoxy) is 1. The van der Waals surface area contributed by atoms with Crippen LogP contribution in [0.4, 0.5) is 5.13 Å². The molecule has 1 amide bonds. The van der Waals surface area contributed by atoms with Gasteiger partial charge in [0, 0.05) is 24.4 Å². The standard InChI is InChI=1S/C16H26N4O2S/c1-9(2)8-11-19-20-14(23-11)18-13(21)16(17)10-6-5-7-22-12(10)15(16,3)4/h9-10,12H,5-8,17H2,1-4H3,(H,18,20,21). The summed E-state index contributed by atoms with van der Waals surface area (Å²) >= 11 is 1.43. The molecule has 0 radical (unpaired) electrons. The van der Waals surface area contributed by atoms with E-state index >= 15 is 0 Å². The Labute approximate surface area is 141 Å². The van der Waals surface area contributed by atoms with Gasteiger partial charge in [0.1, 0.15) is 10.5 Å². The fraction of sp³-hybridized carbons (Fsp3) is 0.812. The highest BCUT2D eigenvalue weighted by atomic mass is 32.1. The number of nitrogens with one attached hydrogen (secondary N) is 1. The summed E-state index contributed by atoms with van der Waals surface area (Å²) in [4.78, 5) is 12.9. The van der Waals surface area contributed by atoms with Crippen LogP contribution in [0.2, 0.25) is 0 Å². The van der Waals surface area contributed by atoms with Crippen LogP contribution in [0.25, 0.3) is 0 Å². The number of nitrogens with two attached hydrogens (primary N) is 1. The number of hydrogen-bond donors (Lipinski definition) is 2. The summed E-state index contributed by atoms with van der Waals surface area (Å²) in [5.74, 6) is 0.425.